The monoisotopic (exact) mass is 301 g/mol. The van der Waals surface area contributed by atoms with E-state index in [1.807, 2.05) is 37.3 Å². The highest BCUT2D eigenvalue weighted by atomic mass is 16.4. The fraction of sp³-hybridized carbons (Fsp3) is 0.312. The van der Waals surface area contributed by atoms with E-state index in [0.29, 0.717) is 12.8 Å². The molecule has 116 valence electrons. The van der Waals surface area contributed by atoms with Crippen LogP contribution in [0.1, 0.15) is 37.2 Å². The predicted molar refractivity (Wildman–Crippen MR) is 82.0 cm³/mol. The van der Waals surface area contributed by atoms with Crippen LogP contribution in [0.5, 0.6) is 0 Å². The predicted octanol–water partition coefficient (Wildman–Crippen LogP) is 2.25. The zero-order chi connectivity index (χ0) is 16.2. The number of carbonyl (C=O) groups excluding carboxylic acids is 1. The Morgan fingerprint density at radius 3 is 2.55 bits per heavy atom. The average Bonchev–Trinajstić information content (AvgIpc) is 2.98. The lowest BCUT2D eigenvalue weighted by Crippen LogP contribution is -2.52. The van der Waals surface area contributed by atoms with Gasteiger partial charge in [0.15, 0.2) is 5.69 Å². The van der Waals surface area contributed by atoms with Crippen LogP contribution >= 0.6 is 0 Å². The normalized spacial score (nSPS) is 13.4. The molecule has 0 saturated heterocycles. The van der Waals surface area contributed by atoms with E-state index in [2.05, 4.69) is 10.4 Å². The quantitative estimate of drug-likeness (QED) is 0.857. The van der Waals surface area contributed by atoms with Gasteiger partial charge in [-0.3, -0.25) is 4.79 Å². The number of nitrogens with zero attached hydrogens (tertiary/aromatic N) is 2. The molecule has 6 nitrogen and oxygen atoms in total. The molecule has 1 aromatic heterocycles. The largest absolute Gasteiger partial charge is 0.480 e. The van der Waals surface area contributed by atoms with Crippen LogP contribution in [0.3, 0.4) is 0 Å². The van der Waals surface area contributed by atoms with E-state index in [4.69, 9.17) is 0 Å². The molecule has 0 radical (unpaired) electrons. The van der Waals surface area contributed by atoms with Crippen LogP contribution in [0.25, 0.3) is 5.69 Å². The van der Waals surface area contributed by atoms with Crippen LogP contribution in [-0.2, 0) is 4.79 Å². The summed E-state index contributed by atoms with van der Waals surface area (Å²) in [6.45, 7) is 3.38. The third-order valence-corrected chi connectivity index (χ3v) is 3.45. The lowest BCUT2D eigenvalue weighted by molar-refractivity contribution is -0.144. The highest BCUT2D eigenvalue weighted by molar-refractivity contribution is 5.96. The molecular weight excluding hydrogens is 282 g/mol. The standard InChI is InChI=1S/C16H19N3O3/c1-3-10-16(2,15(21)22)17-14(20)13-9-11-19(18-13)12-7-5-4-6-8-12/h4-9,11H,3,10H2,1-2H3,(H,17,20)(H,21,22). The first-order valence-electron chi connectivity index (χ1n) is 7.13. The van der Waals surface area contributed by atoms with Crippen molar-refractivity contribution in [2.24, 2.45) is 0 Å². The molecule has 0 aliphatic carbocycles. The highest BCUT2D eigenvalue weighted by Crippen LogP contribution is 2.14. The van der Waals surface area contributed by atoms with E-state index < -0.39 is 17.4 Å². The second-order valence-electron chi connectivity index (χ2n) is 5.32. The lowest BCUT2D eigenvalue weighted by Gasteiger charge is -2.25. The molecular formula is C16H19N3O3. The Labute approximate surface area is 128 Å². The molecule has 0 aliphatic heterocycles. The molecule has 22 heavy (non-hydrogen) atoms. The number of rotatable bonds is 6. The Morgan fingerprint density at radius 2 is 1.95 bits per heavy atom. The third kappa shape index (κ3) is 3.33. The summed E-state index contributed by atoms with van der Waals surface area (Å²) in [5.74, 6) is -1.54. The minimum Gasteiger partial charge on any atom is -0.480 e. The Bertz CT molecular complexity index is 666. The first kappa shape index (κ1) is 15.8. The second kappa shape index (κ2) is 6.43. The van der Waals surface area contributed by atoms with E-state index in [1.165, 1.54) is 6.92 Å². The van der Waals surface area contributed by atoms with Crippen LogP contribution in [0.4, 0.5) is 0 Å². The van der Waals surface area contributed by atoms with Gasteiger partial charge in [0.1, 0.15) is 5.54 Å². The van der Waals surface area contributed by atoms with Crippen molar-refractivity contribution < 1.29 is 14.7 Å². The molecule has 1 heterocycles. The maximum atomic E-state index is 12.2. The number of hydrogen-bond acceptors (Lipinski definition) is 3. The molecule has 2 rings (SSSR count). The van der Waals surface area contributed by atoms with E-state index in [9.17, 15) is 14.7 Å². The number of nitrogens with one attached hydrogen (secondary N) is 1. The molecule has 6 heteroatoms. The van der Waals surface area contributed by atoms with Crippen LogP contribution in [-0.4, -0.2) is 32.3 Å². The van der Waals surface area contributed by atoms with Gasteiger partial charge in [-0.1, -0.05) is 31.5 Å². The zero-order valence-electron chi connectivity index (χ0n) is 12.6. The minimum atomic E-state index is -1.29. The molecule has 1 unspecified atom stereocenters. The van der Waals surface area contributed by atoms with Crippen LogP contribution in [0.15, 0.2) is 42.6 Å². The number of aromatic nitrogens is 2. The van der Waals surface area contributed by atoms with Gasteiger partial charge >= 0.3 is 5.97 Å². The molecule has 0 aliphatic rings. The van der Waals surface area contributed by atoms with Gasteiger partial charge in [0.2, 0.25) is 0 Å². The first-order chi connectivity index (χ1) is 10.5. The van der Waals surface area contributed by atoms with E-state index >= 15 is 0 Å². The summed E-state index contributed by atoms with van der Waals surface area (Å²) in [6, 6.07) is 10.9. The van der Waals surface area contributed by atoms with Crippen molar-refractivity contribution in [2.45, 2.75) is 32.2 Å². The van der Waals surface area contributed by atoms with Gasteiger partial charge in [-0.05, 0) is 31.5 Å². The van der Waals surface area contributed by atoms with Crippen molar-refractivity contribution in [3.8, 4) is 5.69 Å². The number of amides is 1. The second-order valence-corrected chi connectivity index (χ2v) is 5.32. The number of aliphatic carboxylic acids is 1. The molecule has 0 bridgehead atoms. The van der Waals surface area contributed by atoms with Crippen molar-refractivity contribution in [2.75, 3.05) is 0 Å². The fourth-order valence-corrected chi connectivity index (χ4v) is 2.21. The van der Waals surface area contributed by atoms with Gasteiger partial charge in [-0.15, -0.1) is 0 Å². The SMILES string of the molecule is CCCC(C)(NC(=O)c1ccn(-c2ccccc2)n1)C(=O)O. The Kier molecular flexibility index (Phi) is 4.60. The Hall–Kier alpha value is -2.63. The summed E-state index contributed by atoms with van der Waals surface area (Å²) in [5, 5.41) is 16.1. The molecule has 0 saturated carbocycles. The third-order valence-electron chi connectivity index (χ3n) is 3.45. The molecule has 0 fully saturated rings. The topological polar surface area (TPSA) is 84.2 Å². The number of carboxylic acids is 1. The van der Waals surface area contributed by atoms with Crippen LogP contribution in [0, 0.1) is 0 Å². The number of benzene rings is 1. The summed E-state index contributed by atoms with van der Waals surface area (Å²) in [7, 11) is 0. The minimum absolute atomic E-state index is 0.187. The number of hydrogen-bond donors (Lipinski definition) is 2. The van der Waals surface area contributed by atoms with Crippen molar-refractivity contribution in [1.29, 1.82) is 0 Å². The average molecular weight is 301 g/mol. The fourth-order valence-electron chi connectivity index (χ4n) is 2.21. The van der Waals surface area contributed by atoms with Gasteiger partial charge in [0, 0.05) is 6.20 Å². The molecule has 1 atom stereocenters. The number of carboxylic acid groups (broad SMARTS) is 1. The zero-order valence-corrected chi connectivity index (χ0v) is 12.6. The van der Waals surface area contributed by atoms with Crippen LogP contribution in [0.2, 0.25) is 0 Å². The van der Waals surface area contributed by atoms with E-state index in [0.717, 1.165) is 5.69 Å². The molecule has 2 aromatic rings. The molecule has 1 aromatic carbocycles. The van der Waals surface area contributed by atoms with E-state index in [-0.39, 0.29) is 5.69 Å². The van der Waals surface area contributed by atoms with Crippen LogP contribution < -0.4 is 5.32 Å². The van der Waals surface area contributed by atoms with Gasteiger partial charge < -0.3 is 10.4 Å². The molecule has 2 N–H and O–H groups in total. The van der Waals surface area contributed by atoms with Gasteiger partial charge in [-0.2, -0.15) is 5.10 Å². The van der Waals surface area contributed by atoms with Crippen molar-refractivity contribution in [1.82, 2.24) is 15.1 Å². The highest BCUT2D eigenvalue weighted by Gasteiger charge is 2.34. The molecule has 1 amide bonds. The Morgan fingerprint density at radius 1 is 1.27 bits per heavy atom. The summed E-state index contributed by atoms with van der Waals surface area (Å²) in [6.07, 6.45) is 2.68. The van der Waals surface area contributed by atoms with Crippen molar-refractivity contribution in [3.05, 3.63) is 48.3 Å². The Balaban J connectivity index is 2.17. The lowest BCUT2D eigenvalue weighted by atomic mass is 9.96. The van der Waals surface area contributed by atoms with Crippen molar-refractivity contribution >= 4 is 11.9 Å². The van der Waals surface area contributed by atoms with Gasteiger partial charge in [0.05, 0.1) is 5.69 Å². The smallest absolute Gasteiger partial charge is 0.329 e. The summed E-state index contributed by atoms with van der Waals surface area (Å²) >= 11 is 0. The summed E-state index contributed by atoms with van der Waals surface area (Å²) in [5.41, 5.74) is -0.272. The van der Waals surface area contributed by atoms with Gasteiger partial charge in [-0.25, -0.2) is 9.48 Å². The first-order valence-corrected chi connectivity index (χ1v) is 7.13. The maximum absolute atomic E-state index is 12.2. The number of carbonyl (C=O) groups is 2. The van der Waals surface area contributed by atoms with Gasteiger partial charge in [0.25, 0.3) is 5.91 Å². The van der Waals surface area contributed by atoms with Crippen molar-refractivity contribution in [3.63, 3.8) is 0 Å². The maximum Gasteiger partial charge on any atom is 0.329 e. The molecule has 0 spiro atoms. The summed E-state index contributed by atoms with van der Waals surface area (Å²) < 4.78 is 1.58. The van der Waals surface area contributed by atoms with E-state index in [1.54, 1.807) is 16.9 Å². The summed E-state index contributed by atoms with van der Waals surface area (Å²) in [4.78, 5) is 23.6. The number of para-hydroxylation sites is 1.